The molecule has 0 aromatic carbocycles. The minimum absolute atomic E-state index is 0.494. The van der Waals surface area contributed by atoms with Gasteiger partial charge in [0.1, 0.15) is 5.69 Å². The predicted octanol–water partition coefficient (Wildman–Crippen LogP) is 3.72. The molecule has 3 aromatic heterocycles. The molecule has 0 radical (unpaired) electrons. The summed E-state index contributed by atoms with van der Waals surface area (Å²) in [7, 11) is 0. The van der Waals surface area contributed by atoms with Crippen molar-refractivity contribution in [1.29, 1.82) is 0 Å². The van der Waals surface area contributed by atoms with E-state index in [-0.39, 0.29) is 0 Å². The topological polar surface area (TPSA) is 38.7 Å². The normalized spacial score (nSPS) is 10.9. The van der Waals surface area contributed by atoms with Crippen LogP contribution in [-0.2, 0) is 0 Å². The number of pyridine rings is 1. The number of halogens is 1. The van der Waals surface area contributed by atoms with Gasteiger partial charge in [-0.15, -0.1) is 11.3 Å². The quantitative estimate of drug-likeness (QED) is 0.627. The molecule has 0 N–H and O–H groups in total. The fourth-order valence-corrected chi connectivity index (χ4v) is 2.75. The second-order valence-electron chi connectivity index (χ2n) is 3.62. The Morgan fingerprint density at radius 2 is 2.12 bits per heavy atom. The highest BCUT2D eigenvalue weighted by Gasteiger charge is 2.10. The summed E-state index contributed by atoms with van der Waals surface area (Å²) in [5.74, 6) is 0.570. The summed E-state index contributed by atoms with van der Waals surface area (Å²) in [5.41, 5.74) is 1.62. The van der Waals surface area contributed by atoms with E-state index in [1.807, 2.05) is 31.2 Å². The summed E-state index contributed by atoms with van der Waals surface area (Å²) in [6.07, 6.45) is 1.72. The van der Waals surface area contributed by atoms with Crippen molar-refractivity contribution in [3.8, 4) is 11.5 Å². The third kappa shape index (κ3) is 1.90. The fourth-order valence-electron chi connectivity index (χ4n) is 1.62. The van der Waals surface area contributed by atoms with Gasteiger partial charge in [0.05, 0.1) is 10.2 Å². The maximum atomic E-state index is 6.16. The number of thiophene rings is 1. The molecule has 3 aromatic rings. The Hall–Kier alpha value is -1.52. The third-order valence-corrected chi connectivity index (χ3v) is 3.78. The van der Waals surface area contributed by atoms with Crippen LogP contribution in [-0.4, -0.2) is 15.0 Å². The zero-order chi connectivity index (χ0) is 11.8. The number of nitrogens with zero attached hydrogens (tertiary/aromatic N) is 3. The standard InChI is InChI=1S/C12H8ClN3S/c1-7-6-9-10(17-7)11(13)16-12(15-9)8-4-2-3-5-14-8/h2-6H,1H3. The Morgan fingerprint density at radius 1 is 1.24 bits per heavy atom. The van der Waals surface area contributed by atoms with Crippen LogP contribution in [0.3, 0.4) is 0 Å². The van der Waals surface area contributed by atoms with E-state index in [9.17, 15) is 0 Å². The van der Waals surface area contributed by atoms with Gasteiger partial charge in [-0.2, -0.15) is 0 Å². The second kappa shape index (κ2) is 4.05. The second-order valence-corrected chi connectivity index (χ2v) is 5.24. The molecular formula is C12H8ClN3S. The minimum atomic E-state index is 0.494. The monoisotopic (exact) mass is 261 g/mol. The van der Waals surface area contributed by atoms with Crippen molar-refractivity contribution < 1.29 is 0 Å². The molecule has 0 aliphatic heterocycles. The van der Waals surface area contributed by atoms with Crippen molar-refractivity contribution in [1.82, 2.24) is 15.0 Å². The van der Waals surface area contributed by atoms with Crippen LogP contribution in [0.4, 0.5) is 0 Å². The van der Waals surface area contributed by atoms with Crippen LogP contribution in [0.15, 0.2) is 30.5 Å². The van der Waals surface area contributed by atoms with Crippen molar-refractivity contribution in [2.75, 3.05) is 0 Å². The van der Waals surface area contributed by atoms with Crippen LogP contribution < -0.4 is 0 Å². The van der Waals surface area contributed by atoms with Crippen molar-refractivity contribution >= 4 is 33.2 Å². The third-order valence-electron chi connectivity index (χ3n) is 2.35. The van der Waals surface area contributed by atoms with Gasteiger partial charge in [0.25, 0.3) is 0 Å². The predicted molar refractivity (Wildman–Crippen MR) is 70.4 cm³/mol. The van der Waals surface area contributed by atoms with Gasteiger partial charge in [0.2, 0.25) is 0 Å². The van der Waals surface area contributed by atoms with Gasteiger partial charge in [-0.05, 0) is 25.1 Å². The molecule has 0 saturated heterocycles. The number of rotatable bonds is 1. The van der Waals surface area contributed by atoms with E-state index >= 15 is 0 Å². The molecule has 0 atom stereocenters. The number of fused-ring (bicyclic) bond motifs is 1. The molecule has 3 heterocycles. The summed E-state index contributed by atoms with van der Waals surface area (Å²) in [6, 6.07) is 7.65. The average Bonchev–Trinajstić information content (AvgIpc) is 2.71. The molecule has 3 rings (SSSR count). The molecule has 5 heteroatoms. The average molecular weight is 262 g/mol. The van der Waals surface area contributed by atoms with Gasteiger partial charge in [-0.25, -0.2) is 9.97 Å². The highest BCUT2D eigenvalue weighted by Crippen LogP contribution is 2.30. The summed E-state index contributed by atoms with van der Waals surface area (Å²) >= 11 is 7.76. The summed E-state index contributed by atoms with van der Waals surface area (Å²) in [6.45, 7) is 2.03. The van der Waals surface area contributed by atoms with Gasteiger partial charge in [-0.3, -0.25) is 4.98 Å². The summed E-state index contributed by atoms with van der Waals surface area (Å²) in [4.78, 5) is 14.2. The molecule has 0 unspecified atom stereocenters. The van der Waals surface area contributed by atoms with E-state index in [2.05, 4.69) is 15.0 Å². The number of hydrogen-bond donors (Lipinski definition) is 0. The molecule has 0 bridgehead atoms. The van der Waals surface area contributed by atoms with Crippen LogP contribution in [0, 0.1) is 6.92 Å². The van der Waals surface area contributed by atoms with Crippen molar-refractivity contribution in [2.45, 2.75) is 6.92 Å². The van der Waals surface area contributed by atoms with Gasteiger partial charge < -0.3 is 0 Å². The largest absolute Gasteiger partial charge is 0.253 e. The lowest BCUT2D eigenvalue weighted by atomic mass is 10.3. The summed E-state index contributed by atoms with van der Waals surface area (Å²) in [5, 5.41) is 0.494. The van der Waals surface area contributed by atoms with E-state index in [4.69, 9.17) is 11.6 Å². The first kappa shape index (κ1) is 10.6. The molecule has 84 valence electrons. The Balaban J connectivity index is 2.25. The van der Waals surface area contributed by atoms with Gasteiger partial charge >= 0.3 is 0 Å². The van der Waals surface area contributed by atoms with Gasteiger partial charge in [-0.1, -0.05) is 17.7 Å². The molecule has 0 aliphatic rings. The van der Waals surface area contributed by atoms with Crippen molar-refractivity contribution in [3.63, 3.8) is 0 Å². The highest BCUT2D eigenvalue weighted by molar-refractivity contribution is 7.19. The van der Waals surface area contributed by atoms with Crippen LogP contribution in [0.25, 0.3) is 21.7 Å². The lowest BCUT2D eigenvalue weighted by Crippen LogP contribution is -1.91. The van der Waals surface area contributed by atoms with Crippen LogP contribution in [0.2, 0.25) is 5.15 Å². The molecule has 17 heavy (non-hydrogen) atoms. The molecule has 3 nitrogen and oxygen atoms in total. The fraction of sp³-hybridized carbons (Fsp3) is 0.0833. The van der Waals surface area contributed by atoms with E-state index in [0.29, 0.717) is 11.0 Å². The first-order valence-corrected chi connectivity index (χ1v) is 6.28. The number of aryl methyl sites for hydroxylation is 1. The first-order chi connectivity index (χ1) is 8.24. The molecule has 0 fully saturated rings. The van der Waals surface area contributed by atoms with E-state index in [1.165, 1.54) is 4.88 Å². The molecule has 0 aliphatic carbocycles. The van der Waals surface area contributed by atoms with Crippen LogP contribution in [0.5, 0.6) is 0 Å². The number of aromatic nitrogens is 3. The number of hydrogen-bond acceptors (Lipinski definition) is 4. The zero-order valence-corrected chi connectivity index (χ0v) is 10.6. The van der Waals surface area contributed by atoms with E-state index in [0.717, 1.165) is 15.9 Å². The highest BCUT2D eigenvalue weighted by atomic mass is 35.5. The Bertz CT molecular complexity index is 679. The SMILES string of the molecule is Cc1cc2nc(-c3ccccn3)nc(Cl)c2s1. The van der Waals surface area contributed by atoms with Crippen molar-refractivity contribution in [2.24, 2.45) is 0 Å². The lowest BCUT2D eigenvalue weighted by molar-refractivity contribution is 1.18. The zero-order valence-electron chi connectivity index (χ0n) is 9.01. The smallest absolute Gasteiger partial charge is 0.180 e. The maximum absolute atomic E-state index is 6.16. The Labute approximate surface area is 107 Å². The molecule has 0 saturated carbocycles. The van der Waals surface area contributed by atoms with Gasteiger partial charge in [0.15, 0.2) is 11.0 Å². The molecular weight excluding hydrogens is 254 g/mol. The Kier molecular flexibility index (Phi) is 2.53. The van der Waals surface area contributed by atoms with Crippen LogP contribution >= 0.6 is 22.9 Å². The molecule has 0 spiro atoms. The van der Waals surface area contributed by atoms with Crippen LogP contribution in [0.1, 0.15) is 4.88 Å². The Morgan fingerprint density at radius 3 is 2.88 bits per heavy atom. The lowest BCUT2D eigenvalue weighted by Gasteiger charge is -2.00. The van der Waals surface area contributed by atoms with Gasteiger partial charge in [0, 0.05) is 11.1 Å². The molecule has 0 amide bonds. The van der Waals surface area contributed by atoms with E-state index in [1.54, 1.807) is 17.5 Å². The van der Waals surface area contributed by atoms with Crippen molar-refractivity contribution in [3.05, 3.63) is 40.5 Å². The van der Waals surface area contributed by atoms with E-state index < -0.39 is 0 Å². The maximum Gasteiger partial charge on any atom is 0.180 e. The summed E-state index contributed by atoms with van der Waals surface area (Å²) < 4.78 is 0.934. The first-order valence-electron chi connectivity index (χ1n) is 5.09. The minimum Gasteiger partial charge on any atom is -0.253 e.